The van der Waals surface area contributed by atoms with Crippen LogP contribution in [-0.4, -0.2) is 24.8 Å². The lowest BCUT2D eigenvalue weighted by Gasteiger charge is -2.10. The third-order valence-corrected chi connectivity index (χ3v) is 3.00. The van der Waals surface area contributed by atoms with Crippen LogP contribution in [0.15, 0.2) is 42.5 Å². The van der Waals surface area contributed by atoms with Gasteiger partial charge in [-0.25, -0.2) is 0 Å². The number of rotatable bonds is 5. The van der Waals surface area contributed by atoms with Crippen LogP contribution in [0, 0.1) is 0 Å². The first-order valence-electron chi connectivity index (χ1n) is 6.43. The molecule has 0 aliphatic heterocycles. The van der Waals surface area contributed by atoms with Gasteiger partial charge in [-0.1, -0.05) is 30.3 Å². The number of hydrogen-bond donors (Lipinski definition) is 2. The maximum Gasteiger partial charge on any atom is 0.166 e. The number of hydrogen-bond acceptors (Lipinski definition) is 2. The normalized spacial score (nSPS) is 10.2. The molecule has 0 heterocycles. The summed E-state index contributed by atoms with van der Waals surface area (Å²) in [5.74, 6) is 0.884. The van der Waals surface area contributed by atoms with Crippen molar-refractivity contribution < 1.29 is 4.74 Å². The molecule has 0 saturated heterocycles. The van der Waals surface area contributed by atoms with Crippen molar-refractivity contribution >= 4 is 28.1 Å². The first-order chi connectivity index (χ1) is 9.29. The molecule has 2 rings (SSSR count). The van der Waals surface area contributed by atoms with E-state index in [0.717, 1.165) is 12.3 Å². The van der Waals surface area contributed by atoms with E-state index < -0.39 is 0 Å². The zero-order valence-electron chi connectivity index (χ0n) is 11.0. The van der Waals surface area contributed by atoms with Gasteiger partial charge in [0.1, 0.15) is 12.4 Å². The highest BCUT2D eigenvalue weighted by Gasteiger charge is 1.97. The van der Waals surface area contributed by atoms with Crippen LogP contribution in [0.25, 0.3) is 10.8 Å². The monoisotopic (exact) mass is 274 g/mol. The van der Waals surface area contributed by atoms with Gasteiger partial charge in [0.15, 0.2) is 5.11 Å². The zero-order valence-corrected chi connectivity index (χ0v) is 11.8. The average molecular weight is 274 g/mol. The van der Waals surface area contributed by atoms with Crippen molar-refractivity contribution in [3.63, 3.8) is 0 Å². The minimum absolute atomic E-state index is 0.587. The predicted molar refractivity (Wildman–Crippen MR) is 83.7 cm³/mol. The summed E-state index contributed by atoms with van der Waals surface area (Å²) in [6.07, 6.45) is 0. The van der Waals surface area contributed by atoms with Gasteiger partial charge in [-0.05, 0) is 42.0 Å². The van der Waals surface area contributed by atoms with Gasteiger partial charge in [-0.3, -0.25) is 0 Å². The Morgan fingerprint density at radius 3 is 2.68 bits per heavy atom. The standard InChI is InChI=1S/C15H18N2OS/c1-2-16-15(19)17-9-10-18-14-8-7-12-5-3-4-6-13(12)11-14/h3-8,11H,2,9-10H2,1H3,(H2,16,17,19). The van der Waals surface area contributed by atoms with E-state index in [1.165, 1.54) is 10.8 Å². The average Bonchev–Trinajstić information content (AvgIpc) is 2.44. The van der Waals surface area contributed by atoms with Gasteiger partial charge in [0, 0.05) is 6.54 Å². The van der Waals surface area contributed by atoms with Gasteiger partial charge in [0.2, 0.25) is 0 Å². The third kappa shape index (κ3) is 4.10. The van der Waals surface area contributed by atoms with Gasteiger partial charge in [0.05, 0.1) is 6.54 Å². The molecule has 100 valence electrons. The number of fused-ring (bicyclic) bond motifs is 1. The van der Waals surface area contributed by atoms with E-state index in [0.29, 0.717) is 18.3 Å². The van der Waals surface area contributed by atoms with Crippen molar-refractivity contribution in [2.75, 3.05) is 19.7 Å². The van der Waals surface area contributed by atoms with E-state index in [2.05, 4.69) is 34.9 Å². The van der Waals surface area contributed by atoms with E-state index in [4.69, 9.17) is 17.0 Å². The molecule has 0 saturated carbocycles. The summed E-state index contributed by atoms with van der Waals surface area (Å²) < 4.78 is 5.69. The van der Waals surface area contributed by atoms with E-state index in [-0.39, 0.29) is 0 Å². The number of thiocarbonyl (C=S) groups is 1. The molecule has 2 aromatic rings. The molecule has 0 aliphatic rings. The first kappa shape index (κ1) is 13.6. The van der Waals surface area contributed by atoms with Crippen LogP contribution in [0.3, 0.4) is 0 Å². The lowest BCUT2D eigenvalue weighted by Crippen LogP contribution is -2.37. The molecule has 2 N–H and O–H groups in total. The molecule has 3 nitrogen and oxygen atoms in total. The van der Waals surface area contributed by atoms with Crippen LogP contribution in [0.5, 0.6) is 5.75 Å². The van der Waals surface area contributed by atoms with Crippen LogP contribution in [0.4, 0.5) is 0 Å². The highest BCUT2D eigenvalue weighted by atomic mass is 32.1. The fourth-order valence-electron chi connectivity index (χ4n) is 1.81. The molecule has 0 amide bonds. The summed E-state index contributed by atoms with van der Waals surface area (Å²) in [5.41, 5.74) is 0. The van der Waals surface area contributed by atoms with Crippen molar-refractivity contribution in [2.24, 2.45) is 0 Å². The lowest BCUT2D eigenvalue weighted by molar-refractivity contribution is 0.323. The Morgan fingerprint density at radius 1 is 1.11 bits per heavy atom. The van der Waals surface area contributed by atoms with Crippen molar-refractivity contribution in [3.8, 4) is 5.75 Å². The van der Waals surface area contributed by atoms with Crippen LogP contribution in [-0.2, 0) is 0 Å². The topological polar surface area (TPSA) is 33.3 Å². The van der Waals surface area contributed by atoms with Crippen molar-refractivity contribution in [2.45, 2.75) is 6.92 Å². The molecule has 2 aromatic carbocycles. The molecule has 0 bridgehead atoms. The summed E-state index contributed by atoms with van der Waals surface area (Å²) in [7, 11) is 0. The molecule has 4 heteroatoms. The molecule has 0 spiro atoms. The second-order valence-electron chi connectivity index (χ2n) is 4.14. The fourth-order valence-corrected chi connectivity index (χ4v) is 2.06. The Labute approximate surface area is 119 Å². The molecule has 0 atom stereocenters. The highest BCUT2D eigenvalue weighted by Crippen LogP contribution is 2.20. The number of benzene rings is 2. The molecular formula is C15H18N2OS. The Bertz CT molecular complexity index is 557. The van der Waals surface area contributed by atoms with Gasteiger partial charge in [-0.2, -0.15) is 0 Å². The Balaban J connectivity index is 1.83. The van der Waals surface area contributed by atoms with E-state index in [1.54, 1.807) is 0 Å². The quantitative estimate of drug-likeness (QED) is 0.649. The minimum atomic E-state index is 0.587. The van der Waals surface area contributed by atoms with Crippen molar-refractivity contribution in [1.82, 2.24) is 10.6 Å². The zero-order chi connectivity index (χ0) is 13.5. The third-order valence-electron chi connectivity index (χ3n) is 2.71. The fraction of sp³-hybridized carbons (Fsp3) is 0.267. The summed E-state index contributed by atoms with van der Waals surface area (Å²) in [4.78, 5) is 0. The van der Waals surface area contributed by atoms with Gasteiger partial charge < -0.3 is 15.4 Å². The largest absolute Gasteiger partial charge is 0.492 e. The molecule has 0 fully saturated rings. The second kappa shape index (κ2) is 6.95. The minimum Gasteiger partial charge on any atom is -0.492 e. The Kier molecular flexibility index (Phi) is 4.98. The summed E-state index contributed by atoms with van der Waals surface area (Å²) in [6.45, 7) is 4.12. The van der Waals surface area contributed by atoms with Gasteiger partial charge >= 0.3 is 0 Å². The molecule has 0 aliphatic carbocycles. The lowest BCUT2D eigenvalue weighted by atomic mass is 10.1. The number of nitrogens with one attached hydrogen (secondary N) is 2. The SMILES string of the molecule is CCNC(=S)NCCOc1ccc2ccccc2c1. The van der Waals surface area contributed by atoms with E-state index >= 15 is 0 Å². The second-order valence-corrected chi connectivity index (χ2v) is 4.55. The first-order valence-corrected chi connectivity index (χ1v) is 6.83. The van der Waals surface area contributed by atoms with Crippen molar-refractivity contribution in [3.05, 3.63) is 42.5 Å². The van der Waals surface area contributed by atoms with Crippen LogP contribution < -0.4 is 15.4 Å². The smallest absolute Gasteiger partial charge is 0.166 e. The van der Waals surface area contributed by atoms with Gasteiger partial charge in [0.25, 0.3) is 0 Å². The van der Waals surface area contributed by atoms with Gasteiger partial charge in [-0.15, -0.1) is 0 Å². The summed E-state index contributed by atoms with van der Waals surface area (Å²) >= 11 is 5.07. The Hall–Kier alpha value is -1.81. The highest BCUT2D eigenvalue weighted by molar-refractivity contribution is 7.80. The molecule has 19 heavy (non-hydrogen) atoms. The molecule has 0 aromatic heterocycles. The van der Waals surface area contributed by atoms with Crippen LogP contribution in [0.2, 0.25) is 0 Å². The molecule has 0 radical (unpaired) electrons. The molecule has 0 unspecified atom stereocenters. The Morgan fingerprint density at radius 2 is 1.89 bits per heavy atom. The summed E-state index contributed by atoms with van der Waals surface area (Å²) in [5, 5.41) is 9.20. The maximum absolute atomic E-state index is 5.69. The van der Waals surface area contributed by atoms with Crippen LogP contribution in [0.1, 0.15) is 6.92 Å². The van der Waals surface area contributed by atoms with Crippen molar-refractivity contribution in [1.29, 1.82) is 0 Å². The van der Waals surface area contributed by atoms with E-state index in [1.807, 2.05) is 25.1 Å². The maximum atomic E-state index is 5.69. The van der Waals surface area contributed by atoms with E-state index in [9.17, 15) is 0 Å². The van der Waals surface area contributed by atoms with Crippen LogP contribution >= 0.6 is 12.2 Å². The number of ether oxygens (including phenoxy) is 1. The molecular weight excluding hydrogens is 256 g/mol. The predicted octanol–water partition coefficient (Wildman–Crippen LogP) is 2.70. The summed E-state index contributed by atoms with van der Waals surface area (Å²) in [6, 6.07) is 14.4.